The molecule has 110 valence electrons. The third-order valence-electron chi connectivity index (χ3n) is 3.84. The summed E-state index contributed by atoms with van der Waals surface area (Å²) < 4.78 is 5.30. The summed E-state index contributed by atoms with van der Waals surface area (Å²) in [5.41, 5.74) is 1.98. The van der Waals surface area contributed by atoms with Crippen molar-refractivity contribution in [3.63, 3.8) is 0 Å². The average Bonchev–Trinajstić information content (AvgIpc) is 3.09. The fourth-order valence-electron chi connectivity index (χ4n) is 2.72. The van der Waals surface area contributed by atoms with E-state index in [0.717, 1.165) is 24.1 Å². The Morgan fingerprint density at radius 2 is 2.29 bits per heavy atom. The number of carboxylic acids is 1. The van der Waals surface area contributed by atoms with Crippen LogP contribution in [-0.4, -0.2) is 38.7 Å². The van der Waals surface area contributed by atoms with Gasteiger partial charge in [0.25, 0.3) is 5.89 Å². The molecule has 0 saturated carbocycles. The van der Waals surface area contributed by atoms with Crippen molar-refractivity contribution in [1.29, 1.82) is 0 Å². The average molecular weight is 287 g/mol. The van der Waals surface area contributed by atoms with E-state index >= 15 is 0 Å². The van der Waals surface area contributed by atoms with Crippen LogP contribution in [0.5, 0.6) is 0 Å². The zero-order chi connectivity index (χ0) is 14.8. The highest BCUT2D eigenvalue weighted by molar-refractivity contribution is 5.73. The van der Waals surface area contributed by atoms with Crippen molar-refractivity contribution in [2.45, 2.75) is 32.4 Å². The second-order valence-corrected chi connectivity index (χ2v) is 5.30. The first kappa shape index (κ1) is 13.8. The number of aliphatic carboxylic acids is 1. The lowest BCUT2D eigenvalue weighted by molar-refractivity contribution is -0.142. The Kier molecular flexibility index (Phi) is 3.70. The zero-order valence-electron chi connectivity index (χ0n) is 11.8. The molecule has 6 nitrogen and oxygen atoms in total. The number of hydrogen-bond acceptors (Lipinski definition) is 5. The van der Waals surface area contributed by atoms with Gasteiger partial charge in [-0.25, -0.2) is 0 Å². The second kappa shape index (κ2) is 5.65. The lowest BCUT2D eigenvalue weighted by atomic mass is 10.1. The lowest BCUT2D eigenvalue weighted by Gasteiger charge is -2.18. The normalized spacial score (nSPS) is 19.0. The van der Waals surface area contributed by atoms with Crippen LogP contribution in [0.15, 0.2) is 28.8 Å². The first-order chi connectivity index (χ1) is 10.1. The molecular weight excluding hydrogens is 270 g/mol. The lowest BCUT2D eigenvalue weighted by Crippen LogP contribution is -2.35. The number of benzene rings is 1. The quantitative estimate of drug-likeness (QED) is 0.927. The molecule has 3 rings (SSSR count). The molecule has 21 heavy (non-hydrogen) atoms. The fourth-order valence-corrected chi connectivity index (χ4v) is 2.72. The summed E-state index contributed by atoms with van der Waals surface area (Å²) in [5.74, 6) is 0.227. The van der Waals surface area contributed by atoms with E-state index in [-0.39, 0.29) is 0 Å². The molecule has 0 radical (unpaired) electrons. The highest BCUT2D eigenvalue weighted by Crippen LogP contribution is 2.23. The maximum Gasteiger partial charge on any atom is 0.320 e. The SMILES string of the molecule is Cc1ccccc1-c1nc(CN2CCCC2C(=O)O)no1. The van der Waals surface area contributed by atoms with Crippen LogP contribution in [0.25, 0.3) is 11.5 Å². The molecule has 2 heterocycles. The van der Waals surface area contributed by atoms with Crippen LogP contribution >= 0.6 is 0 Å². The highest BCUT2D eigenvalue weighted by atomic mass is 16.5. The van der Waals surface area contributed by atoms with E-state index in [1.807, 2.05) is 36.1 Å². The van der Waals surface area contributed by atoms with Crippen molar-refractivity contribution >= 4 is 5.97 Å². The minimum Gasteiger partial charge on any atom is -0.480 e. The summed E-state index contributed by atoms with van der Waals surface area (Å²) in [6, 6.07) is 7.36. The van der Waals surface area contributed by atoms with Crippen LogP contribution in [0.1, 0.15) is 24.2 Å². The van der Waals surface area contributed by atoms with Gasteiger partial charge in [-0.3, -0.25) is 9.69 Å². The van der Waals surface area contributed by atoms with Crippen molar-refractivity contribution in [3.05, 3.63) is 35.7 Å². The van der Waals surface area contributed by atoms with Gasteiger partial charge < -0.3 is 9.63 Å². The molecule has 0 amide bonds. The van der Waals surface area contributed by atoms with Crippen LogP contribution in [0, 0.1) is 6.92 Å². The Balaban J connectivity index is 1.77. The molecular formula is C15H17N3O3. The molecule has 1 saturated heterocycles. The fraction of sp³-hybridized carbons (Fsp3) is 0.400. The van der Waals surface area contributed by atoms with Crippen LogP contribution in [0.2, 0.25) is 0 Å². The number of likely N-dealkylation sites (tertiary alicyclic amines) is 1. The van der Waals surface area contributed by atoms with Gasteiger partial charge in [0.15, 0.2) is 5.82 Å². The number of hydrogen-bond donors (Lipinski definition) is 1. The number of nitrogens with zero attached hydrogens (tertiary/aromatic N) is 3. The van der Waals surface area contributed by atoms with E-state index in [1.54, 1.807) is 0 Å². The number of carboxylic acid groups (broad SMARTS) is 1. The Morgan fingerprint density at radius 3 is 3.05 bits per heavy atom. The Morgan fingerprint density at radius 1 is 1.48 bits per heavy atom. The molecule has 1 fully saturated rings. The summed E-state index contributed by atoms with van der Waals surface area (Å²) in [6.07, 6.45) is 1.57. The molecule has 6 heteroatoms. The Labute approximate surface area is 122 Å². The van der Waals surface area contributed by atoms with E-state index < -0.39 is 12.0 Å². The molecule has 1 aliphatic rings. The minimum atomic E-state index is -0.782. The standard InChI is InChI=1S/C15H17N3O3/c1-10-5-2-3-6-11(10)14-16-13(17-21-14)9-18-8-4-7-12(18)15(19)20/h2-3,5-6,12H,4,7-9H2,1H3,(H,19,20). The summed E-state index contributed by atoms with van der Waals surface area (Å²) >= 11 is 0. The van der Waals surface area contributed by atoms with E-state index in [0.29, 0.717) is 24.7 Å². The molecule has 1 aliphatic heterocycles. The van der Waals surface area contributed by atoms with Crippen molar-refractivity contribution in [3.8, 4) is 11.5 Å². The Bertz CT molecular complexity index is 653. The van der Waals surface area contributed by atoms with Crippen molar-refractivity contribution < 1.29 is 14.4 Å². The molecule has 1 aromatic heterocycles. The van der Waals surface area contributed by atoms with E-state index in [2.05, 4.69) is 10.1 Å². The van der Waals surface area contributed by atoms with E-state index in [1.165, 1.54) is 0 Å². The van der Waals surface area contributed by atoms with Crippen molar-refractivity contribution in [1.82, 2.24) is 15.0 Å². The van der Waals surface area contributed by atoms with Gasteiger partial charge in [0.2, 0.25) is 0 Å². The summed E-state index contributed by atoms with van der Waals surface area (Å²) in [7, 11) is 0. The molecule has 2 aromatic rings. The number of aryl methyl sites for hydroxylation is 1. The minimum absolute atomic E-state index is 0.409. The molecule has 1 aromatic carbocycles. The first-order valence-corrected chi connectivity index (χ1v) is 7.00. The van der Waals surface area contributed by atoms with Gasteiger partial charge >= 0.3 is 5.97 Å². The van der Waals surface area contributed by atoms with Crippen molar-refractivity contribution in [2.24, 2.45) is 0 Å². The molecule has 1 unspecified atom stereocenters. The van der Waals surface area contributed by atoms with Gasteiger partial charge in [-0.15, -0.1) is 0 Å². The van der Waals surface area contributed by atoms with E-state index in [9.17, 15) is 9.90 Å². The van der Waals surface area contributed by atoms with Gasteiger partial charge in [-0.05, 0) is 37.9 Å². The number of carbonyl (C=O) groups is 1. The van der Waals surface area contributed by atoms with Crippen LogP contribution in [0.3, 0.4) is 0 Å². The molecule has 0 spiro atoms. The first-order valence-electron chi connectivity index (χ1n) is 7.00. The van der Waals surface area contributed by atoms with Crippen LogP contribution in [0.4, 0.5) is 0 Å². The molecule has 0 bridgehead atoms. The van der Waals surface area contributed by atoms with Gasteiger partial charge in [0, 0.05) is 5.56 Å². The van der Waals surface area contributed by atoms with E-state index in [4.69, 9.17) is 4.52 Å². The number of rotatable bonds is 4. The highest BCUT2D eigenvalue weighted by Gasteiger charge is 2.31. The monoisotopic (exact) mass is 287 g/mol. The third kappa shape index (κ3) is 2.80. The summed E-state index contributed by atoms with van der Waals surface area (Å²) in [5, 5.41) is 13.1. The van der Waals surface area contributed by atoms with Crippen molar-refractivity contribution in [2.75, 3.05) is 6.54 Å². The largest absolute Gasteiger partial charge is 0.480 e. The van der Waals surface area contributed by atoms with Gasteiger partial charge in [-0.1, -0.05) is 23.4 Å². The van der Waals surface area contributed by atoms with Gasteiger partial charge in [0.05, 0.1) is 6.54 Å². The zero-order valence-corrected chi connectivity index (χ0v) is 11.8. The molecule has 1 N–H and O–H groups in total. The predicted molar refractivity (Wildman–Crippen MR) is 75.5 cm³/mol. The smallest absolute Gasteiger partial charge is 0.320 e. The summed E-state index contributed by atoms with van der Waals surface area (Å²) in [6.45, 7) is 3.15. The third-order valence-corrected chi connectivity index (χ3v) is 3.84. The molecule has 1 atom stereocenters. The topological polar surface area (TPSA) is 79.5 Å². The van der Waals surface area contributed by atoms with Crippen LogP contribution < -0.4 is 0 Å². The Hall–Kier alpha value is -2.21. The molecule has 0 aliphatic carbocycles. The maximum atomic E-state index is 11.2. The summed E-state index contributed by atoms with van der Waals surface area (Å²) in [4.78, 5) is 17.4. The predicted octanol–water partition coefficient (Wildman–Crippen LogP) is 2.09. The second-order valence-electron chi connectivity index (χ2n) is 5.30. The van der Waals surface area contributed by atoms with Crippen LogP contribution in [-0.2, 0) is 11.3 Å². The number of aromatic nitrogens is 2. The van der Waals surface area contributed by atoms with Gasteiger partial charge in [0.1, 0.15) is 6.04 Å². The maximum absolute atomic E-state index is 11.2. The van der Waals surface area contributed by atoms with Gasteiger partial charge in [-0.2, -0.15) is 4.98 Å².